The van der Waals surface area contributed by atoms with Crippen LogP contribution in [0.2, 0.25) is 0 Å². The molecule has 2 atom stereocenters. The number of amides is 2. The summed E-state index contributed by atoms with van der Waals surface area (Å²) in [7, 11) is 0. The number of nitrogens with one attached hydrogen (secondary N) is 2. The van der Waals surface area contributed by atoms with E-state index in [0.29, 0.717) is 6.42 Å². The van der Waals surface area contributed by atoms with Gasteiger partial charge in [-0.15, -0.1) is 0 Å². The second-order valence-corrected chi connectivity index (χ2v) is 5.16. The summed E-state index contributed by atoms with van der Waals surface area (Å²) in [5.41, 5.74) is 15.9. The number of carboxylic acids is 2. The highest BCUT2D eigenvalue weighted by atomic mass is 16.4. The molecule has 2 amide bonds. The maximum Gasteiger partial charge on any atom is 0.322 e. The lowest BCUT2D eigenvalue weighted by Crippen LogP contribution is -2.52. The van der Waals surface area contributed by atoms with Gasteiger partial charge in [0, 0.05) is 13.0 Å². The van der Waals surface area contributed by atoms with Crippen molar-refractivity contribution in [2.45, 2.75) is 37.8 Å². The molecule has 25 heavy (non-hydrogen) atoms. The average molecular weight is 360 g/mol. The van der Waals surface area contributed by atoms with E-state index in [1.807, 2.05) is 0 Å². The summed E-state index contributed by atoms with van der Waals surface area (Å²) in [6, 6.07) is -2.15. The molecule has 0 saturated heterocycles. The van der Waals surface area contributed by atoms with E-state index in [-0.39, 0.29) is 31.8 Å². The molecule has 12 heteroatoms. The minimum Gasteiger partial charge on any atom is -0.481 e. The monoisotopic (exact) mass is 360 g/mol. The van der Waals surface area contributed by atoms with E-state index in [0.717, 1.165) is 0 Å². The second kappa shape index (κ2) is 11.6. The minimum absolute atomic E-state index is 0.0986. The van der Waals surface area contributed by atoms with Crippen molar-refractivity contribution in [1.82, 2.24) is 10.6 Å². The second-order valence-electron chi connectivity index (χ2n) is 5.16. The Morgan fingerprint density at radius 1 is 1.00 bits per heavy atom. The molecule has 0 aromatic rings. The lowest BCUT2D eigenvalue weighted by atomic mass is 10.1. The molecule has 142 valence electrons. The van der Waals surface area contributed by atoms with E-state index in [2.05, 4.69) is 15.6 Å². The average Bonchev–Trinajstić information content (AvgIpc) is 2.52. The molecule has 0 bridgehead atoms. The molecule has 0 fully saturated rings. The molecule has 0 spiro atoms. The normalized spacial score (nSPS) is 12.5. The zero-order valence-corrected chi connectivity index (χ0v) is 13.6. The van der Waals surface area contributed by atoms with Crippen molar-refractivity contribution in [2.24, 2.45) is 22.2 Å². The van der Waals surface area contributed by atoms with Gasteiger partial charge < -0.3 is 38.0 Å². The number of carbonyl (C=O) groups is 4. The Balaban J connectivity index is 4.71. The van der Waals surface area contributed by atoms with E-state index in [4.69, 9.17) is 27.4 Å². The van der Waals surface area contributed by atoms with Crippen molar-refractivity contribution >= 4 is 29.7 Å². The maximum atomic E-state index is 12.0. The molecule has 0 unspecified atom stereocenters. The fourth-order valence-electron chi connectivity index (χ4n) is 1.75. The number of nitrogens with zero attached hydrogens (tertiary/aromatic N) is 1. The summed E-state index contributed by atoms with van der Waals surface area (Å²) < 4.78 is 0. The number of guanidine groups is 1. The van der Waals surface area contributed by atoms with Gasteiger partial charge in [0.2, 0.25) is 11.8 Å². The van der Waals surface area contributed by atoms with Crippen LogP contribution in [-0.2, 0) is 19.2 Å². The van der Waals surface area contributed by atoms with Gasteiger partial charge in [0.05, 0.1) is 6.04 Å². The molecular weight excluding hydrogens is 336 g/mol. The molecule has 0 aliphatic rings. The molecular formula is C13H24N6O6. The Hall–Kier alpha value is -2.89. The first-order valence-electron chi connectivity index (χ1n) is 7.46. The molecule has 0 aliphatic heterocycles. The van der Waals surface area contributed by atoms with Gasteiger partial charge in [0.25, 0.3) is 0 Å². The topological polar surface area (TPSA) is 223 Å². The van der Waals surface area contributed by atoms with E-state index < -0.39 is 42.4 Å². The van der Waals surface area contributed by atoms with Gasteiger partial charge in [-0.1, -0.05) is 0 Å². The van der Waals surface area contributed by atoms with Crippen LogP contribution in [0, 0.1) is 0 Å². The highest BCUT2D eigenvalue weighted by Crippen LogP contribution is 2.01. The Labute approximate surface area is 143 Å². The standard InChI is InChI=1S/C13H24N6O6/c14-7(3-4-9(20)21)11(24)19-8(2-1-5-17-13(15)16)12(25)18-6-10(22)23/h7-8H,1-6,14H2,(H,18,25)(H,19,24)(H,20,21)(H,22,23)(H4,15,16,17)/t7-,8-/m0/s1. The number of aliphatic imine (C=N–C) groups is 1. The van der Waals surface area contributed by atoms with Crippen LogP contribution in [-0.4, -0.2) is 65.1 Å². The third-order valence-electron chi connectivity index (χ3n) is 3.00. The lowest BCUT2D eigenvalue weighted by molar-refractivity contribution is -0.138. The number of hydrogen-bond acceptors (Lipinski definition) is 6. The number of carboxylic acid groups (broad SMARTS) is 2. The van der Waals surface area contributed by atoms with Crippen molar-refractivity contribution in [3.05, 3.63) is 0 Å². The predicted octanol–water partition coefficient (Wildman–Crippen LogP) is -3.08. The number of carbonyl (C=O) groups excluding carboxylic acids is 2. The van der Waals surface area contributed by atoms with Crippen molar-refractivity contribution in [3.8, 4) is 0 Å². The number of hydrogen-bond donors (Lipinski definition) is 7. The zero-order valence-electron chi connectivity index (χ0n) is 13.6. The van der Waals surface area contributed by atoms with Crippen LogP contribution < -0.4 is 27.8 Å². The van der Waals surface area contributed by atoms with E-state index in [9.17, 15) is 19.2 Å². The van der Waals surface area contributed by atoms with Crippen LogP contribution in [0.5, 0.6) is 0 Å². The summed E-state index contributed by atoms with van der Waals surface area (Å²) in [5, 5.41) is 21.7. The quantitative estimate of drug-likeness (QED) is 0.106. The highest BCUT2D eigenvalue weighted by molar-refractivity contribution is 5.91. The van der Waals surface area contributed by atoms with Gasteiger partial charge in [-0.3, -0.25) is 24.2 Å². The summed E-state index contributed by atoms with van der Waals surface area (Å²) in [6.45, 7) is -0.393. The summed E-state index contributed by atoms with van der Waals surface area (Å²) >= 11 is 0. The number of nitrogens with two attached hydrogens (primary N) is 3. The van der Waals surface area contributed by atoms with Crippen molar-refractivity contribution in [3.63, 3.8) is 0 Å². The molecule has 0 aromatic heterocycles. The SMILES string of the molecule is NC(N)=NCCC[C@H](NC(=O)[C@@H](N)CCC(=O)O)C(=O)NCC(=O)O. The van der Waals surface area contributed by atoms with Crippen LogP contribution in [0.25, 0.3) is 0 Å². The van der Waals surface area contributed by atoms with Crippen LogP contribution in [0.1, 0.15) is 25.7 Å². The number of aliphatic carboxylic acids is 2. The Kier molecular flexibility index (Phi) is 10.3. The smallest absolute Gasteiger partial charge is 0.322 e. The van der Waals surface area contributed by atoms with Crippen LogP contribution >= 0.6 is 0 Å². The van der Waals surface area contributed by atoms with Gasteiger partial charge >= 0.3 is 11.9 Å². The molecule has 0 rings (SSSR count). The van der Waals surface area contributed by atoms with Crippen LogP contribution in [0.15, 0.2) is 4.99 Å². The van der Waals surface area contributed by atoms with E-state index >= 15 is 0 Å². The third-order valence-corrected chi connectivity index (χ3v) is 3.00. The fraction of sp³-hybridized carbons (Fsp3) is 0.615. The Morgan fingerprint density at radius 3 is 2.16 bits per heavy atom. The first-order valence-corrected chi connectivity index (χ1v) is 7.46. The Bertz CT molecular complexity index is 519. The van der Waals surface area contributed by atoms with Gasteiger partial charge in [0.15, 0.2) is 5.96 Å². The van der Waals surface area contributed by atoms with Gasteiger partial charge in [-0.2, -0.15) is 0 Å². The van der Waals surface area contributed by atoms with Crippen LogP contribution in [0.4, 0.5) is 0 Å². The third kappa shape index (κ3) is 11.3. The molecule has 10 N–H and O–H groups in total. The first kappa shape index (κ1) is 22.1. The zero-order chi connectivity index (χ0) is 19.4. The van der Waals surface area contributed by atoms with Gasteiger partial charge in [-0.25, -0.2) is 0 Å². The molecule has 0 heterocycles. The predicted molar refractivity (Wildman–Crippen MR) is 87.3 cm³/mol. The van der Waals surface area contributed by atoms with Crippen molar-refractivity contribution < 1.29 is 29.4 Å². The van der Waals surface area contributed by atoms with Crippen molar-refractivity contribution in [2.75, 3.05) is 13.1 Å². The first-order chi connectivity index (χ1) is 11.6. The van der Waals surface area contributed by atoms with Crippen molar-refractivity contribution in [1.29, 1.82) is 0 Å². The molecule has 0 aliphatic carbocycles. The van der Waals surface area contributed by atoms with E-state index in [1.165, 1.54) is 0 Å². The summed E-state index contributed by atoms with van der Waals surface area (Å²) in [5.74, 6) is -3.87. The lowest BCUT2D eigenvalue weighted by Gasteiger charge is -2.20. The Morgan fingerprint density at radius 2 is 1.64 bits per heavy atom. The van der Waals surface area contributed by atoms with E-state index in [1.54, 1.807) is 0 Å². The summed E-state index contributed by atoms with van der Waals surface area (Å²) in [4.78, 5) is 48.7. The highest BCUT2D eigenvalue weighted by Gasteiger charge is 2.24. The largest absolute Gasteiger partial charge is 0.481 e. The molecule has 12 nitrogen and oxygen atoms in total. The fourth-order valence-corrected chi connectivity index (χ4v) is 1.75. The van der Waals surface area contributed by atoms with Gasteiger partial charge in [-0.05, 0) is 19.3 Å². The minimum atomic E-state index is -1.24. The summed E-state index contributed by atoms with van der Waals surface area (Å²) in [6.07, 6.45) is 0.0842. The van der Waals surface area contributed by atoms with Gasteiger partial charge in [0.1, 0.15) is 12.6 Å². The molecule has 0 aromatic carbocycles. The molecule has 0 saturated carbocycles. The maximum absolute atomic E-state index is 12.0. The molecule has 0 radical (unpaired) electrons. The van der Waals surface area contributed by atoms with Crippen LogP contribution in [0.3, 0.4) is 0 Å². The number of rotatable bonds is 12.